The fourth-order valence-electron chi connectivity index (χ4n) is 3.42. The molecule has 0 spiro atoms. The monoisotopic (exact) mass is 243 g/mol. The standard InChI is InChI=1S/C13H17N5/c1-18(6-10-8-4-11(10)15-5-8)13-9-2-3-14-12(9)16-7-17-13/h2-3,7-8,10-11,15H,4-6H2,1H3,(H,14,16,17)/t8?,10-,11?/m1/s1. The maximum atomic E-state index is 4.44. The van der Waals surface area contributed by atoms with Crippen molar-refractivity contribution in [2.24, 2.45) is 11.8 Å². The van der Waals surface area contributed by atoms with Crippen molar-refractivity contribution in [3.8, 4) is 0 Å². The van der Waals surface area contributed by atoms with Gasteiger partial charge in [-0.25, -0.2) is 9.97 Å². The van der Waals surface area contributed by atoms with Gasteiger partial charge in [-0.1, -0.05) is 0 Å². The van der Waals surface area contributed by atoms with Crippen molar-refractivity contribution in [3.63, 3.8) is 0 Å². The molecule has 5 nitrogen and oxygen atoms in total. The van der Waals surface area contributed by atoms with E-state index in [9.17, 15) is 0 Å². The molecule has 5 heteroatoms. The highest BCUT2D eigenvalue weighted by molar-refractivity contribution is 5.87. The second kappa shape index (κ2) is 3.68. The third kappa shape index (κ3) is 1.37. The number of aromatic amines is 1. The smallest absolute Gasteiger partial charge is 0.142 e. The highest BCUT2D eigenvalue weighted by atomic mass is 15.2. The fraction of sp³-hybridized carbons (Fsp3) is 0.538. The van der Waals surface area contributed by atoms with Crippen LogP contribution in [0.15, 0.2) is 18.6 Å². The average molecular weight is 243 g/mol. The van der Waals surface area contributed by atoms with Crippen LogP contribution in [-0.2, 0) is 0 Å². The molecule has 1 saturated carbocycles. The summed E-state index contributed by atoms with van der Waals surface area (Å²) in [5.74, 6) is 2.70. The molecule has 4 heterocycles. The Morgan fingerprint density at radius 1 is 1.44 bits per heavy atom. The van der Waals surface area contributed by atoms with Gasteiger partial charge in [-0.15, -0.1) is 0 Å². The number of H-pyrrole nitrogens is 1. The van der Waals surface area contributed by atoms with Gasteiger partial charge in [0, 0.05) is 25.8 Å². The molecule has 0 radical (unpaired) electrons. The third-order valence-electron chi connectivity index (χ3n) is 4.50. The minimum absolute atomic E-state index is 0.737. The molecule has 2 N–H and O–H groups in total. The predicted octanol–water partition coefficient (Wildman–Crippen LogP) is 1.00. The summed E-state index contributed by atoms with van der Waals surface area (Å²) < 4.78 is 0. The van der Waals surface area contributed by atoms with Crippen LogP contribution in [0.5, 0.6) is 0 Å². The molecule has 2 unspecified atom stereocenters. The Kier molecular flexibility index (Phi) is 2.11. The van der Waals surface area contributed by atoms with Crippen LogP contribution in [0.2, 0.25) is 0 Å². The summed E-state index contributed by atoms with van der Waals surface area (Å²) in [6, 6.07) is 2.79. The van der Waals surface area contributed by atoms with E-state index in [-0.39, 0.29) is 0 Å². The lowest BCUT2D eigenvalue weighted by atomic mass is 9.74. The Morgan fingerprint density at radius 3 is 3.17 bits per heavy atom. The number of hydrogen-bond donors (Lipinski definition) is 2. The summed E-state index contributed by atoms with van der Waals surface area (Å²) in [4.78, 5) is 14.1. The molecule has 2 aromatic heterocycles. The topological polar surface area (TPSA) is 56.8 Å². The molecule has 3 aliphatic rings. The molecular formula is C13H17N5. The van der Waals surface area contributed by atoms with Crippen molar-refractivity contribution in [1.29, 1.82) is 0 Å². The molecule has 94 valence electrons. The summed E-state index contributed by atoms with van der Waals surface area (Å²) in [6.07, 6.45) is 4.92. The second-order valence-corrected chi connectivity index (χ2v) is 5.49. The number of hydrogen-bond acceptors (Lipinski definition) is 4. The van der Waals surface area contributed by atoms with Crippen LogP contribution < -0.4 is 10.2 Å². The summed E-state index contributed by atoms with van der Waals surface area (Å²) in [6.45, 7) is 2.28. The first-order chi connectivity index (χ1) is 8.83. The van der Waals surface area contributed by atoms with Gasteiger partial charge < -0.3 is 15.2 Å². The first kappa shape index (κ1) is 10.3. The number of nitrogens with zero attached hydrogens (tertiary/aromatic N) is 3. The summed E-state index contributed by atoms with van der Waals surface area (Å²) in [5, 5.41) is 4.68. The SMILES string of the molecule is CN(C[C@@H]1C2CNC1C2)c1ncnc2[nH]ccc12. The number of aromatic nitrogens is 3. The quantitative estimate of drug-likeness (QED) is 0.844. The molecule has 3 atom stereocenters. The summed E-state index contributed by atoms with van der Waals surface area (Å²) in [5.41, 5.74) is 0.918. The Labute approximate surface area is 106 Å². The maximum absolute atomic E-state index is 4.44. The van der Waals surface area contributed by atoms with Crippen molar-refractivity contribution in [2.75, 3.05) is 25.0 Å². The number of nitrogens with one attached hydrogen (secondary N) is 2. The van der Waals surface area contributed by atoms with Crippen molar-refractivity contribution in [3.05, 3.63) is 18.6 Å². The van der Waals surface area contributed by atoms with Crippen molar-refractivity contribution >= 4 is 16.9 Å². The normalized spacial score (nSPS) is 29.5. The van der Waals surface area contributed by atoms with Crippen LogP contribution in [-0.4, -0.2) is 41.1 Å². The van der Waals surface area contributed by atoms with Gasteiger partial charge >= 0.3 is 0 Å². The van der Waals surface area contributed by atoms with Crippen molar-refractivity contribution in [2.45, 2.75) is 12.5 Å². The van der Waals surface area contributed by atoms with Gasteiger partial charge in [0.2, 0.25) is 0 Å². The molecule has 2 aromatic rings. The minimum Gasteiger partial charge on any atom is -0.359 e. The van der Waals surface area contributed by atoms with E-state index >= 15 is 0 Å². The fourth-order valence-corrected chi connectivity index (χ4v) is 3.42. The molecule has 2 saturated heterocycles. The zero-order valence-corrected chi connectivity index (χ0v) is 10.4. The third-order valence-corrected chi connectivity index (χ3v) is 4.50. The minimum atomic E-state index is 0.737. The van der Waals surface area contributed by atoms with E-state index in [0.29, 0.717) is 0 Å². The van der Waals surface area contributed by atoms with Crippen molar-refractivity contribution in [1.82, 2.24) is 20.3 Å². The molecule has 2 bridgehead atoms. The molecule has 18 heavy (non-hydrogen) atoms. The maximum Gasteiger partial charge on any atom is 0.142 e. The molecule has 1 aliphatic carbocycles. The van der Waals surface area contributed by atoms with Crippen LogP contribution in [0.3, 0.4) is 0 Å². The largest absolute Gasteiger partial charge is 0.359 e. The van der Waals surface area contributed by atoms with E-state index in [1.165, 1.54) is 13.0 Å². The summed E-state index contributed by atoms with van der Waals surface area (Å²) >= 11 is 0. The zero-order chi connectivity index (χ0) is 12.1. The molecule has 5 rings (SSSR count). The van der Waals surface area contributed by atoms with Crippen LogP contribution in [0, 0.1) is 11.8 Å². The van der Waals surface area contributed by atoms with E-state index in [1.807, 2.05) is 6.20 Å². The van der Waals surface area contributed by atoms with Gasteiger partial charge in [0.15, 0.2) is 0 Å². The second-order valence-electron chi connectivity index (χ2n) is 5.49. The number of rotatable bonds is 3. The van der Waals surface area contributed by atoms with Gasteiger partial charge in [0.25, 0.3) is 0 Å². The van der Waals surface area contributed by atoms with Gasteiger partial charge in [-0.05, 0) is 30.9 Å². The van der Waals surface area contributed by atoms with Gasteiger partial charge in [-0.3, -0.25) is 0 Å². The van der Waals surface area contributed by atoms with E-state index in [0.717, 1.165) is 41.3 Å². The zero-order valence-electron chi connectivity index (χ0n) is 10.4. The van der Waals surface area contributed by atoms with Gasteiger partial charge in [0.1, 0.15) is 17.8 Å². The summed E-state index contributed by atoms with van der Waals surface area (Å²) in [7, 11) is 2.13. The molecule has 0 amide bonds. The van der Waals surface area contributed by atoms with Crippen LogP contribution in [0.1, 0.15) is 6.42 Å². The van der Waals surface area contributed by atoms with E-state index in [1.54, 1.807) is 6.33 Å². The Morgan fingerprint density at radius 2 is 2.39 bits per heavy atom. The molecule has 2 aliphatic heterocycles. The van der Waals surface area contributed by atoms with Gasteiger partial charge in [0.05, 0.1) is 5.39 Å². The Hall–Kier alpha value is -1.62. The average Bonchev–Trinajstić information content (AvgIpc) is 3.08. The Bertz CT molecular complexity index is 564. The highest BCUT2D eigenvalue weighted by Crippen LogP contribution is 2.40. The molecule has 0 aromatic carbocycles. The van der Waals surface area contributed by atoms with Crippen LogP contribution >= 0.6 is 0 Å². The lowest BCUT2D eigenvalue weighted by Crippen LogP contribution is -2.44. The molecular weight excluding hydrogens is 226 g/mol. The lowest BCUT2D eigenvalue weighted by Gasteiger charge is -2.37. The first-order valence-electron chi connectivity index (χ1n) is 6.55. The molecule has 3 fully saturated rings. The number of fused-ring (bicyclic) bond motifs is 2. The first-order valence-corrected chi connectivity index (χ1v) is 6.55. The lowest BCUT2D eigenvalue weighted by molar-refractivity contribution is 0.222. The van der Waals surface area contributed by atoms with E-state index in [4.69, 9.17) is 0 Å². The van der Waals surface area contributed by atoms with Crippen molar-refractivity contribution < 1.29 is 0 Å². The van der Waals surface area contributed by atoms with Gasteiger partial charge in [-0.2, -0.15) is 0 Å². The Balaban J connectivity index is 1.60. The number of anilines is 1. The highest BCUT2D eigenvalue weighted by Gasteiger charge is 2.46. The van der Waals surface area contributed by atoms with E-state index in [2.05, 4.69) is 38.3 Å². The predicted molar refractivity (Wildman–Crippen MR) is 70.5 cm³/mol. The van der Waals surface area contributed by atoms with E-state index < -0.39 is 0 Å². The van der Waals surface area contributed by atoms with Crippen LogP contribution in [0.4, 0.5) is 5.82 Å². The van der Waals surface area contributed by atoms with Crippen LogP contribution in [0.25, 0.3) is 11.0 Å².